The third-order valence-corrected chi connectivity index (χ3v) is 5.24. The first kappa shape index (κ1) is 18.3. The highest BCUT2D eigenvalue weighted by atomic mass is 35.5. The van der Waals surface area contributed by atoms with E-state index in [1.54, 1.807) is 6.08 Å². The second-order valence-corrected chi connectivity index (χ2v) is 7.06. The summed E-state index contributed by atoms with van der Waals surface area (Å²) in [5, 5.41) is 1.13. The third kappa shape index (κ3) is 4.56. The number of hydrogen-bond donors (Lipinski definition) is 0. The molecule has 3 nitrogen and oxygen atoms in total. The van der Waals surface area contributed by atoms with Gasteiger partial charge in [-0.05, 0) is 42.0 Å². The lowest BCUT2D eigenvalue weighted by atomic mass is 10.1. The van der Waals surface area contributed by atoms with Crippen molar-refractivity contribution in [1.82, 2.24) is 4.98 Å². The van der Waals surface area contributed by atoms with Gasteiger partial charge in [0.1, 0.15) is 11.0 Å². The van der Waals surface area contributed by atoms with Gasteiger partial charge in [-0.3, -0.25) is 4.79 Å². The molecule has 26 heavy (non-hydrogen) atoms. The average molecular weight is 387 g/mol. The molecule has 0 aliphatic heterocycles. The molecule has 0 spiro atoms. The summed E-state index contributed by atoms with van der Waals surface area (Å²) in [6.45, 7) is 0.711. The van der Waals surface area contributed by atoms with Crippen LogP contribution in [0.3, 0.4) is 0 Å². The van der Waals surface area contributed by atoms with Gasteiger partial charge >= 0.3 is 0 Å². The lowest BCUT2D eigenvalue weighted by molar-refractivity contribution is 0.104. The summed E-state index contributed by atoms with van der Waals surface area (Å²) in [6, 6.07) is 15.5. The van der Waals surface area contributed by atoms with Gasteiger partial charge in [-0.15, -0.1) is 0 Å². The van der Waals surface area contributed by atoms with E-state index in [4.69, 9.17) is 11.6 Å². The highest BCUT2D eigenvalue weighted by molar-refractivity contribution is 7.17. The molecular weight excluding hydrogens is 371 g/mol. The van der Waals surface area contributed by atoms with Crippen LogP contribution in [0.15, 0.2) is 60.7 Å². The lowest BCUT2D eigenvalue weighted by Crippen LogP contribution is -2.15. The Morgan fingerprint density at radius 2 is 1.88 bits per heavy atom. The Hall–Kier alpha value is -2.50. The number of carbonyl (C=O) groups is 1. The Morgan fingerprint density at radius 3 is 2.58 bits per heavy atom. The number of hydrogen-bond acceptors (Lipinski definition) is 4. The standard InChI is InChI=1S/C20H16ClFN2OS/c1-24(13-14-5-3-2-4-6-14)20-23-19(21)18(26-20)12-11-17(25)15-7-9-16(22)10-8-15/h2-12H,13H2,1H3/b12-11+. The van der Waals surface area contributed by atoms with Crippen LogP contribution in [0.25, 0.3) is 6.08 Å². The van der Waals surface area contributed by atoms with Crippen LogP contribution in [0.1, 0.15) is 20.8 Å². The van der Waals surface area contributed by atoms with Crippen LogP contribution in [0.4, 0.5) is 9.52 Å². The molecule has 0 radical (unpaired) electrons. The molecule has 0 bridgehead atoms. The van der Waals surface area contributed by atoms with Crippen LogP contribution < -0.4 is 4.90 Å². The van der Waals surface area contributed by atoms with E-state index >= 15 is 0 Å². The van der Waals surface area contributed by atoms with E-state index in [1.165, 1.54) is 47.2 Å². The number of thiazole rings is 1. The maximum Gasteiger partial charge on any atom is 0.187 e. The van der Waals surface area contributed by atoms with E-state index in [9.17, 15) is 9.18 Å². The number of aromatic nitrogens is 1. The zero-order chi connectivity index (χ0) is 18.5. The number of nitrogens with zero attached hydrogens (tertiary/aromatic N) is 2. The van der Waals surface area contributed by atoms with Gasteiger partial charge in [0, 0.05) is 19.2 Å². The van der Waals surface area contributed by atoms with E-state index in [0.29, 0.717) is 22.1 Å². The van der Waals surface area contributed by atoms with Crippen LogP contribution in [0.5, 0.6) is 0 Å². The molecule has 0 aliphatic rings. The van der Waals surface area contributed by atoms with E-state index < -0.39 is 0 Å². The molecule has 0 atom stereocenters. The second kappa shape index (κ2) is 8.25. The molecule has 0 saturated carbocycles. The molecule has 0 N–H and O–H groups in total. The summed E-state index contributed by atoms with van der Waals surface area (Å²) in [5.41, 5.74) is 1.59. The number of halogens is 2. The van der Waals surface area contributed by atoms with Gasteiger partial charge in [-0.1, -0.05) is 53.3 Å². The first-order chi connectivity index (χ1) is 12.5. The molecule has 6 heteroatoms. The molecule has 0 unspecified atom stereocenters. The first-order valence-corrected chi connectivity index (χ1v) is 9.12. The van der Waals surface area contributed by atoms with Gasteiger partial charge in [0.25, 0.3) is 0 Å². The Bertz CT molecular complexity index is 923. The van der Waals surface area contributed by atoms with Crippen LogP contribution in [-0.4, -0.2) is 17.8 Å². The summed E-state index contributed by atoms with van der Waals surface area (Å²) >= 11 is 7.61. The van der Waals surface area contributed by atoms with Crippen molar-refractivity contribution in [2.75, 3.05) is 11.9 Å². The normalized spacial score (nSPS) is 11.0. The van der Waals surface area contributed by atoms with E-state index in [0.717, 1.165) is 5.13 Å². The fourth-order valence-electron chi connectivity index (χ4n) is 2.36. The zero-order valence-electron chi connectivity index (χ0n) is 14.0. The predicted molar refractivity (Wildman–Crippen MR) is 105 cm³/mol. The van der Waals surface area contributed by atoms with Crippen LogP contribution >= 0.6 is 22.9 Å². The fraction of sp³-hybridized carbons (Fsp3) is 0.100. The maximum absolute atomic E-state index is 12.9. The molecular formula is C20H16ClFN2OS. The van der Waals surface area contributed by atoms with Crippen LogP contribution in [0.2, 0.25) is 5.15 Å². The summed E-state index contributed by atoms with van der Waals surface area (Å²) in [5.74, 6) is -0.587. The minimum Gasteiger partial charge on any atom is -0.347 e. The van der Waals surface area contributed by atoms with Gasteiger partial charge < -0.3 is 4.90 Å². The van der Waals surface area contributed by atoms with Crippen molar-refractivity contribution in [3.8, 4) is 0 Å². The SMILES string of the molecule is CN(Cc1ccccc1)c1nc(Cl)c(/C=C/C(=O)c2ccc(F)cc2)s1. The molecule has 132 valence electrons. The van der Waals surface area contributed by atoms with Gasteiger partial charge in [-0.2, -0.15) is 0 Å². The lowest BCUT2D eigenvalue weighted by Gasteiger charge is -2.15. The molecule has 3 aromatic rings. The molecule has 1 heterocycles. The van der Waals surface area contributed by atoms with Crippen molar-refractivity contribution in [3.63, 3.8) is 0 Å². The first-order valence-electron chi connectivity index (χ1n) is 7.92. The van der Waals surface area contributed by atoms with Crippen molar-refractivity contribution in [3.05, 3.63) is 87.6 Å². The van der Waals surface area contributed by atoms with Crippen molar-refractivity contribution in [1.29, 1.82) is 0 Å². The second-order valence-electron chi connectivity index (χ2n) is 5.70. The summed E-state index contributed by atoms with van der Waals surface area (Å²) in [6.07, 6.45) is 3.07. The van der Waals surface area contributed by atoms with Crippen molar-refractivity contribution in [2.45, 2.75) is 6.54 Å². The van der Waals surface area contributed by atoms with Gasteiger partial charge in [-0.25, -0.2) is 9.37 Å². The van der Waals surface area contributed by atoms with Crippen LogP contribution in [0, 0.1) is 5.82 Å². The van der Waals surface area contributed by atoms with E-state index in [2.05, 4.69) is 4.98 Å². The predicted octanol–water partition coefficient (Wildman–Crippen LogP) is 5.47. The molecule has 0 amide bonds. The smallest absolute Gasteiger partial charge is 0.187 e. The highest BCUT2D eigenvalue weighted by Crippen LogP contribution is 2.31. The van der Waals surface area contributed by atoms with Crippen molar-refractivity contribution >= 4 is 39.9 Å². The molecule has 1 aromatic heterocycles. The summed E-state index contributed by atoms with van der Waals surface area (Å²) < 4.78 is 12.9. The van der Waals surface area contributed by atoms with Crippen molar-refractivity contribution in [2.24, 2.45) is 0 Å². The fourth-order valence-corrected chi connectivity index (χ4v) is 3.48. The molecule has 0 fully saturated rings. The van der Waals surface area contributed by atoms with E-state index in [1.807, 2.05) is 42.3 Å². The summed E-state index contributed by atoms with van der Waals surface area (Å²) in [4.78, 5) is 19.2. The number of carbonyl (C=O) groups excluding carboxylic acids is 1. The Balaban J connectivity index is 1.71. The van der Waals surface area contributed by atoms with Gasteiger partial charge in [0.05, 0.1) is 4.88 Å². The van der Waals surface area contributed by atoms with Crippen molar-refractivity contribution < 1.29 is 9.18 Å². The average Bonchev–Trinajstić information content (AvgIpc) is 3.02. The van der Waals surface area contributed by atoms with Gasteiger partial charge in [0.2, 0.25) is 0 Å². The van der Waals surface area contributed by atoms with E-state index in [-0.39, 0.29) is 11.6 Å². The maximum atomic E-state index is 12.9. The molecule has 0 saturated heterocycles. The molecule has 3 rings (SSSR count). The largest absolute Gasteiger partial charge is 0.347 e. The monoisotopic (exact) mass is 386 g/mol. The molecule has 0 aliphatic carbocycles. The number of anilines is 1. The number of rotatable bonds is 6. The molecule has 2 aromatic carbocycles. The zero-order valence-corrected chi connectivity index (χ0v) is 15.6. The Kier molecular flexibility index (Phi) is 5.81. The third-order valence-electron chi connectivity index (χ3n) is 3.70. The number of ketones is 1. The highest BCUT2D eigenvalue weighted by Gasteiger charge is 2.12. The topological polar surface area (TPSA) is 33.2 Å². The minimum atomic E-state index is -0.373. The quantitative estimate of drug-likeness (QED) is 0.416. The Labute approximate surface area is 160 Å². The van der Waals surface area contributed by atoms with Crippen LogP contribution in [-0.2, 0) is 6.54 Å². The number of benzene rings is 2. The minimum absolute atomic E-state index is 0.214. The Morgan fingerprint density at radius 1 is 1.19 bits per heavy atom. The summed E-state index contributed by atoms with van der Waals surface area (Å²) in [7, 11) is 1.94. The number of allylic oxidation sites excluding steroid dienone is 1. The van der Waals surface area contributed by atoms with Gasteiger partial charge in [0.15, 0.2) is 10.9 Å².